The van der Waals surface area contributed by atoms with Crippen molar-refractivity contribution in [3.05, 3.63) is 364 Å². The second-order valence-electron chi connectivity index (χ2n) is 22.9. The van der Waals surface area contributed by atoms with Crippen LogP contribution in [0.4, 0.5) is 34.1 Å². The van der Waals surface area contributed by atoms with Crippen molar-refractivity contribution in [2.45, 2.75) is 0 Å². The highest BCUT2D eigenvalue weighted by atomic mass is 28.3. The monoisotopic (exact) mass is 1150 g/mol. The van der Waals surface area contributed by atoms with E-state index < -0.39 is 8.07 Å². The largest absolute Gasteiger partial charge is 0.310 e. The van der Waals surface area contributed by atoms with Crippen LogP contribution in [0.5, 0.6) is 0 Å². The van der Waals surface area contributed by atoms with Gasteiger partial charge in [0, 0.05) is 67.0 Å². The summed E-state index contributed by atoms with van der Waals surface area (Å²) >= 11 is 0. The fourth-order valence-corrected chi connectivity index (χ4v) is 18.5. The van der Waals surface area contributed by atoms with Crippen LogP contribution in [0.3, 0.4) is 0 Å². The minimum Gasteiger partial charge on any atom is -0.310 e. The van der Waals surface area contributed by atoms with Crippen molar-refractivity contribution in [1.29, 1.82) is 0 Å². The average Bonchev–Trinajstić information content (AvgIpc) is 1.80. The molecular weight excluding hydrogens is 1090 g/mol. The van der Waals surface area contributed by atoms with Gasteiger partial charge in [-0.2, -0.15) is 0 Å². The summed E-state index contributed by atoms with van der Waals surface area (Å²) in [7, 11) is -3.07. The van der Waals surface area contributed by atoms with Crippen molar-refractivity contribution in [3.8, 4) is 33.6 Å². The molecule has 0 aliphatic heterocycles. The summed E-state index contributed by atoms with van der Waals surface area (Å²) in [6.45, 7) is 0. The summed E-state index contributed by atoms with van der Waals surface area (Å²) in [5.41, 5.74) is 18.1. The van der Waals surface area contributed by atoms with E-state index >= 15 is 0 Å². The molecule has 420 valence electrons. The van der Waals surface area contributed by atoms with Gasteiger partial charge in [-0.25, -0.2) is 0 Å². The summed E-state index contributed by atoms with van der Waals surface area (Å²) in [6.07, 6.45) is 0. The summed E-state index contributed by atoms with van der Waals surface area (Å²) in [4.78, 5) is 4.87. The number of benzene rings is 14. The van der Waals surface area contributed by atoms with E-state index in [1.807, 2.05) is 0 Å². The van der Waals surface area contributed by atoms with Crippen LogP contribution in [0, 0.1) is 0 Å². The van der Waals surface area contributed by atoms with E-state index in [1.54, 1.807) is 0 Å². The zero-order valence-corrected chi connectivity index (χ0v) is 49.9. The van der Waals surface area contributed by atoms with E-state index in [0.717, 1.165) is 56.6 Å². The summed E-state index contributed by atoms with van der Waals surface area (Å²) in [6, 6.07) is 134. The molecule has 0 N–H and O–H groups in total. The van der Waals surface area contributed by atoms with E-state index in [0.29, 0.717) is 0 Å². The van der Waals surface area contributed by atoms with Gasteiger partial charge in [-0.15, -0.1) is 0 Å². The van der Waals surface area contributed by atoms with Gasteiger partial charge in [0.15, 0.2) is 8.07 Å². The van der Waals surface area contributed by atoms with Crippen molar-refractivity contribution < 1.29 is 0 Å². The standard InChI is InChI=1S/C84H60N4Si/c1-7-25-61(26-8-1)63-29-23-35-69(57-63)85(71-49-55-83-79(59-71)77-41-19-21-43-81(77)87(83)65-31-11-3-12-32-65)67-45-51-75(52-46-67)89(73-37-15-5-16-38-73,74-39-17-6-18-40-74)76-53-47-68(48-54-76)86(70-36-24-30-64(58-70)62-27-9-2-10-28-62)72-50-56-84-80(60-72)78-42-20-22-44-82(78)88(84)66-33-13-4-14-34-66/h1-60H. The number of hydrogen-bond acceptors (Lipinski definition) is 2. The Hall–Kier alpha value is -11.5. The number of para-hydroxylation sites is 4. The highest BCUT2D eigenvalue weighted by Gasteiger charge is 2.41. The molecule has 14 aromatic carbocycles. The number of nitrogens with zero attached hydrogens (tertiary/aromatic N) is 4. The van der Waals surface area contributed by atoms with Crippen molar-refractivity contribution in [1.82, 2.24) is 9.13 Å². The first kappa shape index (κ1) is 53.0. The lowest BCUT2D eigenvalue weighted by atomic mass is 10.0. The van der Waals surface area contributed by atoms with Gasteiger partial charge in [0.25, 0.3) is 0 Å². The Morgan fingerprint density at radius 3 is 0.876 bits per heavy atom. The second-order valence-corrected chi connectivity index (χ2v) is 26.7. The maximum Gasteiger partial charge on any atom is 0.179 e. The van der Waals surface area contributed by atoms with Crippen LogP contribution in [0.25, 0.3) is 77.2 Å². The van der Waals surface area contributed by atoms with Gasteiger partial charge in [-0.1, -0.05) is 243 Å². The lowest BCUT2D eigenvalue weighted by Crippen LogP contribution is -2.74. The normalized spacial score (nSPS) is 11.6. The number of fused-ring (bicyclic) bond motifs is 6. The average molecular weight is 1150 g/mol. The van der Waals surface area contributed by atoms with Gasteiger partial charge in [0.1, 0.15) is 0 Å². The first-order chi connectivity index (χ1) is 44.2. The first-order valence-corrected chi connectivity index (χ1v) is 32.6. The fourth-order valence-electron chi connectivity index (χ4n) is 13.8. The number of hydrogen-bond donors (Lipinski definition) is 0. The summed E-state index contributed by atoms with van der Waals surface area (Å²) in [5.74, 6) is 0. The van der Waals surface area contributed by atoms with Crippen LogP contribution in [0.1, 0.15) is 0 Å². The topological polar surface area (TPSA) is 16.3 Å². The van der Waals surface area contributed by atoms with E-state index in [1.165, 1.54) is 75.5 Å². The molecule has 2 aromatic heterocycles. The Kier molecular flexibility index (Phi) is 13.5. The summed E-state index contributed by atoms with van der Waals surface area (Å²) < 4.78 is 4.78. The van der Waals surface area contributed by atoms with Crippen LogP contribution in [0.15, 0.2) is 364 Å². The van der Waals surface area contributed by atoms with Crippen LogP contribution in [-0.4, -0.2) is 17.2 Å². The number of aromatic nitrogens is 2. The molecule has 0 atom stereocenters. The smallest absolute Gasteiger partial charge is 0.179 e. The molecule has 16 rings (SSSR count). The van der Waals surface area contributed by atoms with E-state index in [9.17, 15) is 0 Å². The molecule has 0 fully saturated rings. The molecule has 2 heterocycles. The van der Waals surface area contributed by atoms with Crippen molar-refractivity contribution in [2.75, 3.05) is 9.80 Å². The maximum absolute atomic E-state index is 3.07. The van der Waals surface area contributed by atoms with Gasteiger partial charge in [0.2, 0.25) is 0 Å². The molecule has 0 aliphatic rings. The lowest BCUT2D eigenvalue weighted by Gasteiger charge is -2.35. The van der Waals surface area contributed by atoms with Crippen molar-refractivity contribution in [2.24, 2.45) is 0 Å². The molecule has 0 saturated carbocycles. The van der Waals surface area contributed by atoms with Gasteiger partial charge in [0.05, 0.1) is 22.1 Å². The Morgan fingerprint density at radius 2 is 0.483 bits per heavy atom. The molecule has 89 heavy (non-hydrogen) atoms. The summed E-state index contributed by atoms with van der Waals surface area (Å²) in [5, 5.41) is 10.0. The first-order valence-electron chi connectivity index (χ1n) is 30.6. The Morgan fingerprint density at radius 1 is 0.191 bits per heavy atom. The van der Waals surface area contributed by atoms with Gasteiger partial charge in [-0.3, -0.25) is 0 Å². The van der Waals surface area contributed by atoms with Crippen LogP contribution in [0.2, 0.25) is 0 Å². The molecule has 0 spiro atoms. The number of anilines is 6. The van der Waals surface area contributed by atoms with Gasteiger partial charge >= 0.3 is 0 Å². The quantitative estimate of drug-likeness (QED) is 0.0797. The molecule has 4 nitrogen and oxygen atoms in total. The minimum absolute atomic E-state index is 1.07. The van der Waals surface area contributed by atoms with Gasteiger partial charge < -0.3 is 18.9 Å². The molecule has 0 aliphatic carbocycles. The molecule has 0 bridgehead atoms. The highest BCUT2D eigenvalue weighted by Crippen LogP contribution is 2.43. The van der Waals surface area contributed by atoms with Crippen LogP contribution in [-0.2, 0) is 0 Å². The lowest BCUT2D eigenvalue weighted by molar-refractivity contribution is 1.18. The third-order valence-corrected chi connectivity index (χ3v) is 22.6. The molecule has 0 amide bonds. The predicted octanol–water partition coefficient (Wildman–Crippen LogP) is 19.5. The third kappa shape index (κ3) is 9.40. The zero-order chi connectivity index (χ0) is 59.1. The highest BCUT2D eigenvalue weighted by molar-refractivity contribution is 7.19. The minimum atomic E-state index is -3.07. The maximum atomic E-state index is 2.44. The fraction of sp³-hybridized carbons (Fsp3) is 0. The van der Waals surface area contributed by atoms with Gasteiger partial charge in [-0.05, 0) is 164 Å². The van der Waals surface area contributed by atoms with E-state index in [4.69, 9.17) is 0 Å². The van der Waals surface area contributed by atoms with E-state index in [2.05, 4.69) is 383 Å². The predicted molar refractivity (Wildman–Crippen MR) is 379 cm³/mol. The molecule has 16 aromatic rings. The zero-order valence-electron chi connectivity index (χ0n) is 48.9. The molecule has 5 heteroatoms. The second kappa shape index (κ2) is 22.7. The van der Waals surface area contributed by atoms with Crippen LogP contribution >= 0.6 is 0 Å². The van der Waals surface area contributed by atoms with E-state index in [-0.39, 0.29) is 0 Å². The Balaban J connectivity index is 0.862. The molecule has 0 radical (unpaired) electrons. The molecule has 0 saturated heterocycles. The van der Waals surface area contributed by atoms with Crippen LogP contribution < -0.4 is 30.5 Å². The third-order valence-electron chi connectivity index (χ3n) is 17.8. The number of rotatable bonds is 14. The van der Waals surface area contributed by atoms with Crippen molar-refractivity contribution in [3.63, 3.8) is 0 Å². The SMILES string of the molecule is c1ccc(-c2cccc(N(c3ccc([Si](c4ccccc4)(c4ccccc4)c4ccc(N(c5cccc(-c6ccccc6)c5)c5ccc6c(c5)c5ccccc5n6-c5ccccc5)cc4)cc3)c3ccc4c(c3)c3ccccc3n4-c3ccccc3)c2)cc1. The molecular formula is C84H60N4Si. The molecule has 0 unspecified atom stereocenters. The Labute approximate surface area is 520 Å². The van der Waals surface area contributed by atoms with Crippen molar-refractivity contribution >= 4 is 107 Å². The Bertz CT molecular complexity index is 4830.